The van der Waals surface area contributed by atoms with Crippen LogP contribution in [0.3, 0.4) is 0 Å². The van der Waals surface area contributed by atoms with Crippen molar-refractivity contribution in [2.75, 3.05) is 11.9 Å². The fourth-order valence-electron chi connectivity index (χ4n) is 2.26. The standard InChI is InChI=1S/C13H14ClF3N2O/c14-9-4-1-3-8(13(15,16)17)10(9)19-11(20)12(7-18)5-2-6-12/h1,3-4H,2,5-7,18H2,(H,19,20). The van der Waals surface area contributed by atoms with E-state index in [0.29, 0.717) is 12.8 Å². The fourth-order valence-corrected chi connectivity index (χ4v) is 2.48. The van der Waals surface area contributed by atoms with Crippen LogP contribution in [-0.2, 0) is 11.0 Å². The quantitative estimate of drug-likeness (QED) is 0.899. The Kier molecular flexibility index (Phi) is 3.97. The number of alkyl halides is 3. The van der Waals surface area contributed by atoms with Gasteiger partial charge in [0.2, 0.25) is 5.91 Å². The van der Waals surface area contributed by atoms with Crippen LogP contribution in [-0.4, -0.2) is 12.5 Å². The lowest BCUT2D eigenvalue weighted by atomic mass is 9.68. The summed E-state index contributed by atoms with van der Waals surface area (Å²) in [6.07, 6.45) is -2.56. The lowest BCUT2D eigenvalue weighted by Crippen LogP contribution is -2.47. The summed E-state index contributed by atoms with van der Waals surface area (Å²) in [6, 6.07) is 3.39. The second kappa shape index (κ2) is 5.26. The third-order valence-electron chi connectivity index (χ3n) is 3.74. The Hall–Kier alpha value is -1.27. The van der Waals surface area contributed by atoms with Crippen LogP contribution in [0.2, 0.25) is 5.02 Å². The number of anilines is 1. The zero-order valence-corrected chi connectivity index (χ0v) is 11.3. The molecule has 1 amide bonds. The molecule has 0 aliphatic heterocycles. The highest BCUT2D eigenvalue weighted by Gasteiger charge is 2.44. The second-order valence-corrected chi connectivity index (χ2v) is 5.36. The molecular formula is C13H14ClF3N2O. The van der Waals surface area contributed by atoms with Crippen LogP contribution in [0, 0.1) is 5.41 Å². The molecule has 1 fully saturated rings. The van der Waals surface area contributed by atoms with Crippen molar-refractivity contribution in [3.05, 3.63) is 28.8 Å². The molecule has 110 valence electrons. The summed E-state index contributed by atoms with van der Waals surface area (Å²) >= 11 is 5.79. The van der Waals surface area contributed by atoms with Crippen molar-refractivity contribution >= 4 is 23.2 Å². The highest BCUT2D eigenvalue weighted by molar-refractivity contribution is 6.34. The van der Waals surface area contributed by atoms with E-state index in [9.17, 15) is 18.0 Å². The topological polar surface area (TPSA) is 55.1 Å². The van der Waals surface area contributed by atoms with E-state index < -0.39 is 28.7 Å². The molecule has 0 heterocycles. The molecule has 1 aliphatic rings. The van der Waals surface area contributed by atoms with Gasteiger partial charge in [-0.15, -0.1) is 0 Å². The molecule has 1 aliphatic carbocycles. The van der Waals surface area contributed by atoms with Crippen molar-refractivity contribution in [1.82, 2.24) is 0 Å². The highest BCUT2D eigenvalue weighted by Crippen LogP contribution is 2.43. The van der Waals surface area contributed by atoms with E-state index >= 15 is 0 Å². The maximum absolute atomic E-state index is 12.9. The van der Waals surface area contributed by atoms with Crippen LogP contribution in [0.5, 0.6) is 0 Å². The van der Waals surface area contributed by atoms with E-state index in [1.54, 1.807) is 0 Å². The van der Waals surface area contributed by atoms with Gasteiger partial charge in [0.25, 0.3) is 0 Å². The van der Waals surface area contributed by atoms with Gasteiger partial charge in [-0.05, 0) is 25.0 Å². The molecular weight excluding hydrogens is 293 g/mol. The van der Waals surface area contributed by atoms with Gasteiger partial charge in [-0.1, -0.05) is 24.1 Å². The highest BCUT2D eigenvalue weighted by atomic mass is 35.5. The third-order valence-corrected chi connectivity index (χ3v) is 4.06. The van der Waals surface area contributed by atoms with Gasteiger partial charge in [-0.3, -0.25) is 4.79 Å². The monoisotopic (exact) mass is 306 g/mol. The average Bonchev–Trinajstić information content (AvgIpc) is 2.29. The van der Waals surface area contributed by atoms with Gasteiger partial charge >= 0.3 is 6.18 Å². The zero-order chi connectivity index (χ0) is 15.0. The normalized spacial score (nSPS) is 17.4. The Labute approximate surface area is 119 Å². The van der Waals surface area contributed by atoms with Gasteiger partial charge in [0.15, 0.2) is 0 Å². The van der Waals surface area contributed by atoms with Crippen LogP contribution < -0.4 is 11.1 Å². The van der Waals surface area contributed by atoms with Crippen molar-refractivity contribution in [3.8, 4) is 0 Å². The van der Waals surface area contributed by atoms with Crippen molar-refractivity contribution in [2.45, 2.75) is 25.4 Å². The van der Waals surface area contributed by atoms with Gasteiger partial charge in [-0.25, -0.2) is 0 Å². The number of para-hydroxylation sites is 1. The first-order valence-corrected chi connectivity index (χ1v) is 6.55. The Morgan fingerprint density at radius 1 is 1.40 bits per heavy atom. The molecule has 0 bridgehead atoms. The van der Waals surface area contributed by atoms with E-state index in [4.69, 9.17) is 17.3 Å². The molecule has 7 heteroatoms. The fraction of sp³-hybridized carbons (Fsp3) is 0.462. The number of carbonyl (C=O) groups is 1. The first-order valence-electron chi connectivity index (χ1n) is 6.17. The third kappa shape index (κ3) is 2.62. The number of rotatable bonds is 3. The van der Waals surface area contributed by atoms with Crippen LogP contribution in [0.4, 0.5) is 18.9 Å². The van der Waals surface area contributed by atoms with Gasteiger partial charge in [-0.2, -0.15) is 13.2 Å². The molecule has 0 atom stereocenters. The molecule has 1 aromatic carbocycles. The Morgan fingerprint density at radius 3 is 2.50 bits per heavy atom. The number of nitrogens with two attached hydrogens (primary N) is 1. The van der Waals surface area contributed by atoms with Gasteiger partial charge in [0, 0.05) is 6.54 Å². The maximum Gasteiger partial charge on any atom is 0.418 e. The van der Waals surface area contributed by atoms with E-state index in [1.807, 2.05) is 0 Å². The SMILES string of the molecule is NCC1(C(=O)Nc2c(Cl)cccc2C(F)(F)F)CCC1. The average molecular weight is 307 g/mol. The second-order valence-electron chi connectivity index (χ2n) is 4.95. The lowest BCUT2D eigenvalue weighted by Gasteiger charge is -2.39. The predicted molar refractivity (Wildman–Crippen MR) is 70.4 cm³/mol. The Morgan fingerprint density at radius 2 is 2.05 bits per heavy atom. The van der Waals surface area contributed by atoms with Crippen LogP contribution in [0.1, 0.15) is 24.8 Å². The molecule has 20 heavy (non-hydrogen) atoms. The molecule has 1 saturated carbocycles. The van der Waals surface area contributed by atoms with Crippen LogP contribution >= 0.6 is 11.6 Å². The van der Waals surface area contributed by atoms with Crippen molar-refractivity contribution in [1.29, 1.82) is 0 Å². The first-order chi connectivity index (χ1) is 9.30. The summed E-state index contributed by atoms with van der Waals surface area (Å²) in [5, 5.41) is 2.17. The van der Waals surface area contributed by atoms with Crippen LogP contribution in [0.25, 0.3) is 0 Å². The summed E-state index contributed by atoms with van der Waals surface area (Å²) in [7, 11) is 0. The summed E-state index contributed by atoms with van der Waals surface area (Å²) in [4.78, 5) is 12.2. The minimum atomic E-state index is -4.58. The van der Waals surface area contributed by atoms with Crippen molar-refractivity contribution < 1.29 is 18.0 Å². The van der Waals surface area contributed by atoms with Crippen molar-refractivity contribution in [2.24, 2.45) is 11.1 Å². The number of halogens is 4. The number of amides is 1. The molecule has 1 aromatic rings. The number of carbonyl (C=O) groups excluding carboxylic acids is 1. The van der Waals surface area contributed by atoms with E-state index in [2.05, 4.69) is 5.32 Å². The van der Waals surface area contributed by atoms with Crippen LogP contribution in [0.15, 0.2) is 18.2 Å². The predicted octanol–water partition coefficient (Wildman–Crippen LogP) is 3.43. The summed E-state index contributed by atoms with van der Waals surface area (Å²) in [5.74, 6) is -0.496. The smallest absolute Gasteiger partial charge is 0.329 e. The number of hydrogen-bond donors (Lipinski definition) is 2. The Balaban J connectivity index is 2.32. The molecule has 0 radical (unpaired) electrons. The summed E-state index contributed by atoms with van der Waals surface area (Å²) < 4.78 is 38.8. The lowest BCUT2D eigenvalue weighted by molar-refractivity contribution is -0.137. The maximum atomic E-state index is 12.9. The largest absolute Gasteiger partial charge is 0.418 e. The Bertz CT molecular complexity index is 521. The van der Waals surface area contributed by atoms with E-state index in [0.717, 1.165) is 12.5 Å². The number of benzene rings is 1. The summed E-state index contributed by atoms with van der Waals surface area (Å²) in [6.45, 7) is 0.116. The molecule has 0 saturated heterocycles. The minimum Gasteiger partial charge on any atom is -0.329 e. The molecule has 0 aromatic heterocycles. The molecule has 0 unspecified atom stereocenters. The molecule has 2 rings (SSSR count). The number of nitrogens with one attached hydrogen (secondary N) is 1. The minimum absolute atomic E-state index is 0.116. The van der Waals surface area contributed by atoms with E-state index in [1.165, 1.54) is 12.1 Å². The molecule has 3 N–H and O–H groups in total. The number of hydrogen-bond acceptors (Lipinski definition) is 2. The van der Waals surface area contributed by atoms with Crippen molar-refractivity contribution in [3.63, 3.8) is 0 Å². The van der Waals surface area contributed by atoms with Gasteiger partial charge < -0.3 is 11.1 Å². The molecule has 3 nitrogen and oxygen atoms in total. The summed E-state index contributed by atoms with van der Waals surface area (Å²) in [5.41, 5.74) is 3.46. The first kappa shape index (κ1) is 15.1. The van der Waals surface area contributed by atoms with Gasteiger partial charge in [0.1, 0.15) is 0 Å². The van der Waals surface area contributed by atoms with Gasteiger partial charge in [0.05, 0.1) is 21.7 Å². The zero-order valence-electron chi connectivity index (χ0n) is 10.6. The molecule has 0 spiro atoms. The van der Waals surface area contributed by atoms with E-state index in [-0.39, 0.29) is 11.6 Å².